The lowest BCUT2D eigenvalue weighted by atomic mass is 9.95. The number of hydrogen-bond donors (Lipinski definition) is 10. The Morgan fingerprint density at radius 1 is 0.322 bits per heavy atom. The lowest BCUT2D eigenvalue weighted by Crippen LogP contribution is -2.52. The molecular weight excluding hydrogens is 1830 g/mol. The largest absolute Gasteiger partial charge is 0.508 e. The van der Waals surface area contributed by atoms with E-state index in [0.29, 0.717) is 121 Å². The molecule has 0 unspecified atom stereocenters. The molecule has 10 N–H and O–H groups in total. The van der Waals surface area contributed by atoms with Crippen LogP contribution in [-0.2, 0) is 93.2 Å². The average molecular weight is 1920 g/mol. The summed E-state index contributed by atoms with van der Waals surface area (Å²) in [6, 6.07) is 57.8. The van der Waals surface area contributed by atoms with Gasteiger partial charge in [-0.2, -0.15) is 0 Å². The number of furan rings is 4. The van der Waals surface area contributed by atoms with E-state index in [4.69, 9.17) is 17.7 Å². The van der Waals surface area contributed by atoms with Crippen LogP contribution in [0.4, 0.5) is 23.6 Å². The molecule has 0 bridgehead atoms. The van der Waals surface area contributed by atoms with Gasteiger partial charge in [0.2, 0.25) is 0 Å². The number of aromatic nitrogens is 5. The number of para-hydroxylation sites is 1. The SMILES string of the molecule is CCc1ccc2c(c1)C(=O)N(C[C@@]1(c3cc4cc(-c5cccc(O)c5)ncc4o3)NC(=O)NC1=O)C2.CCc1ccc2c(c1)C(=O)N(C[C@@]1(c3cc4cc(-c5ccccc5F)ncc4o3)NC(=O)NC1=O)C2.CCc1ccc2c(c1)C(=O)N(C[C@@]1(c3cc4cc(-c5ccccc5O)ncc4o3)NC(=O)NC1=O)C2.CCc1ccc2c(c1)C(=O)N(C[C@@]1(c3cc4cc(-c5ccncc5)ncc4o3)NC(=O)NC1=O)C2. The number of nitrogens with one attached hydrogen (secondary N) is 8. The Bertz CT molecular complexity index is 7880. The molecule has 0 spiro atoms. The van der Waals surface area contributed by atoms with Crippen molar-refractivity contribution in [1.82, 2.24) is 87.1 Å². The van der Waals surface area contributed by atoms with E-state index in [0.717, 1.165) is 86.8 Å². The van der Waals surface area contributed by atoms with Crippen molar-refractivity contribution in [3.63, 3.8) is 0 Å². The second kappa shape index (κ2) is 35.9. The number of pyridine rings is 5. The minimum absolute atomic E-state index is 0.0655. The second-order valence-electron chi connectivity index (χ2n) is 35.9. The summed E-state index contributed by atoms with van der Waals surface area (Å²) < 4.78 is 38.4. The number of urea groups is 4. The zero-order valence-electron chi connectivity index (χ0n) is 76.9. The summed E-state index contributed by atoms with van der Waals surface area (Å²) in [6.45, 7) is 9.02. The maximum Gasteiger partial charge on any atom is 0.322 e. The molecule has 8 aliphatic rings. The molecule has 0 radical (unpaired) electrons. The van der Waals surface area contributed by atoms with Gasteiger partial charge in [0.15, 0.2) is 44.5 Å². The van der Waals surface area contributed by atoms with Crippen LogP contribution in [0.2, 0.25) is 0 Å². The van der Waals surface area contributed by atoms with Gasteiger partial charge in [-0.25, -0.2) is 23.6 Å². The number of halogens is 1. The molecule has 35 nitrogen and oxygen atoms in total. The van der Waals surface area contributed by atoms with E-state index in [9.17, 15) is 72.1 Å². The normalized spacial score (nSPS) is 19.1. The number of rotatable bonds is 20. The Labute approximate surface area is 811 Å². The molecule has 143 heavy (non-hydrogen) atoms. The highest BCUT2D eigenvalue weighted by molar-refractivity contribution is 6.12. The van der Waals surface area contributed by atoms with E-state index < -0.39 is 75.7 Å². The van der Waals surface area contributed by atoms with E-state index in [1.54, 1.807) is 136 Å². The van der Waals surface area contributed by atoms with Gasteiger partial charge < -0.3 is 68.7 Å². The predicted molar refractivity (Wildman–Crippen MR) is 515 cm³/mol. The smallest absolute Gasteiger partial charge is 0.322 e. The van der Waals surface area contributed by atoms with Crippen molar-refractivity contribution in [3.05, 3.63) is 339 Å². The zero-order chi connectivity index (χ0) is 99.2. The highest BCUT2D eigenvalue weighted by Crippen LogP contribution is 2.44. The van der Waals surface area contributed by atoms with Gasteiger partial charge in [0.25, 0.3) is 47.3 Å². The number of nitrogens with zero attached hydrogens (tertiary/aromatic N) is 9. The van der Waals surface area contributed by atoms with Crippen LogP contribution in [0.5, 0.6) is 11.5 Å². The third kappa shape index (κ3) is 16.4. The van der Waals surface area contributed by atoms with Gasteiger partial charge in [0, 0.05) is 105 Å². The molecule has 0 saturated carbocycles. The first kappa shape index (κ1) is 91.1. The van der Waals surface area contributed by atoms with Crippen molar-refractivity contribution in [1.29, 1.82) is 0 Å². The van der Waals surface area contributed by atoms with E-state index in [1.165, 1.54) is 29.6 Å². The van der Waals surface area contributed by atoms with Gasteiger partial charge in [-0.1, -0.05) is 113 Å². The Morgan fingerprint density at radius 3 is 0.944 bits per heavy atom. The van der Waals surface area contributed by atoms with Crippen LogP contribution in [0.25, 0.3) is 88.9 Å². The summed E-state index contributed by atoms with van der Waals surface area (Å²) in [7, 11) is 0. The quantitative estimate of drug-likeness (QED) is 0.0317. The molecule has 17 heterocycles. The summed E-state index contributed by atoms with van der Waals surface area (Å²) in [5.41, 5.74) is 10.2. The standard InChI is InChI=1S/C27H21FN4O4.2C27H22N4O5.C26H21N5O4/c1-2-15-7-8-16-13-32(24(33)19(16)9-15)14-27(25(34)30-26(35)31-27)23-11-17-10-21(29-12-22(17)36-23)18-5-3-4-6-20(18)28;1-2-15-6-7-17-13-31(24(33)20(17)8-15)14-27(25(34)29-26(35)30-27)23-11-18-10-21(28-12-22(18)36-23)16-4-3-5-19(32)9-16;1-2-15-7-8-16-13-31(24(33)19(16)9-15)14-27(25(34)29-26(35)30-27)23-11-17-10-20(28-12-22(17)36-23)18-5-3-4-6-21(18)32;1-2-15-3-4-17-13-31(23(32)19(17)9-15)14-26(24(33)29-25(34)30-26)22-11-18-10-20(28-12-21(18)35-22)16-5-7-27-8-6-16/h3-12H,2,13-14H2,1H3,(H2,30,31,34,35);2*3-12,32H,2,13-14H2,1H3,(H2,29,30,34,35);3-12H,2,13-14H2,1H3,(H2,29,30,33,34)/t3*27-;26-/m0000/s1. The second-order valence-corrected chi connectivity index (χ2v) is 35.9. The fraction of sp³-hybridized carbons (Fsp3) is 0.187. The third-order valence-electron chi connectivity index (χ3n) is 27.1. The number of aryl methyl sites for hydroxylation is 4. The lowest BCUT2D eigenvalue weighted by molar-refractivity contribution is -0.126. The van der Waals surface area contributed by atoms with Crippen molar-refractivity contribution >= 4 is 115 Å². The molecular formula is C107H86FN17O18. The van der Waals surface area contributed by atoms with E-state index in [-0.39, 0.29) is 84.3 Å². The first-order chi connectivity index (χ1) is 69.1. The van der Waals surface area contributed by atoms with Crippen molar-refractivity contribution in [2.75, 3.05) is 26.2 Å². The number of phenolic OH excluding ortho intramolecular Hbond substituents is 2. The first-order valence-corrected chi connectivity index (χ1v) is 46.1. The molecule has 4 atom stereocenters. The zero-order valence-corrected chi connectivity index (χ0v) is 76.9. The van der Waals surface area contributed by atoms with Gasteiger partial charge in [0.05, 0.1) is 73.7 Å². The van der Waals surface area contributed by atoms with Crippen LogP contribution in [0.3, 0.4) is 0 Å². The minimum Gasteiger partial charge on any atom is -0.508 e. The van der Waals surface area contributed by atoms with Gasteiger partial charge in [0.1, 0.15) is 40.4 Å². The topological polar surface area (TPSA) is 472 Å². The van der Waals surface area contributed by atoms with Crippen LogP contribution >= 0.6 is 0 Å². The van der Waals surface area contributed by atoms with Crippen molar-refractivity contribution in [2.45, 2.75) is 102 Å². The highest BCUT2D eigenvalue weighted by Gasteiger charge is 2.58. The van der Waals surface area contributed by atoms with E-state index >= 15 is 0 Å². The maximum atomic E-state index is 14.3. The number of carbonyl (C=O) groups excluding carboxylic acids is 12. The Balaban J connectivity index is 0.000000113. The number of amides is 16. The fourth-order valence-corrected chi connectivity index (χ4v) is 19.4. The van der Waals surface area contributed by atoms with Gasteiger partial charge >= 0.3 is 24.1 Å². The van der Waals surface area contributed by atoms with Gasteiger partial charge in [-0.05, 0) is 192 Å². The summed E-state index contributed by atoms with van der Waals surface area (Å²) in [4.78, 5) is 182. The molecule has 714 valence electrons. The lowest BCUT2D eigenvalue weighted by Gasteiger charge is -2.29. The molecule has 0 aliphatic carbocycles. The fourth-order valence-electron chi connectivity index (χ4n) is 19.4. The number of imide groups is 4. The molecule has 24 rings (SSSR count). The molecule has 16 amide bonds. The summed E-state index contributed by atoms with van der Waals surface area (Å²) in [5.74, 6) is -2.58. The van der Waals surface area contributed by atoms with Gasteiger partial charge in [-0.15, -0.1) is 0 Å². The monoisotopic (exact) mass is 1920 g/mol. The minimum atomic E-state index is -1.63. The number of benzene rings is 7. The van der Waals surface area contributed by atoms with Crippen molar-refractivity contribution in [3.8, 4) is 56.5 Å². The van der Waals surface area contributed by atoms with Crippen LogP contribution in [0.15, 0.2) is 261 Å². The third-order valence-corrected chi connectivity index (χ3v) is 27.1. The van der Waals surface area contributed by atoms with Crippen LogP contribution in [-0.4, -0.2) is 152 Å². The number of aromatic hydroxyl groups is 2. The molecule has 36 heteroatoms. The molecule has 16 aromatic rings. The Kier molecular flexibility index (Phi) is 22.8. The molecule has 4 fully saturated rings. The summed E-state index contributed by atoms with van der Waals surface area (Å²) in [5, 5.41) is 42.6. The van der Waals surface area contributed by atoms with Crippen molar-refractivity contribution < 1.29 is 89.8 Å². The number of carbonyl (C=O) groups is 12. The van der Waals surface area contributed by atoms with E-state index in [1.807, 2.05) is 125 Å². The Morgan fingerprint density at radius 2 is 0.629 bits per heavy atom. The summed E-state index contributed by atoms with van der Waals surface area (Å²) >= 11 is 0. The molecule has 7 aromatic carbocycles. The first-order valence-electron chi connectivity index (χ1n) is 46.1. The predicted octanol–water partition coefficient (Wildman–Crippen LogP) is 13.9. The van der Waals surface area contributed by atoms with Crippen LogP contribution in [0, 0.1) is 5.82 Å². The summed E-state index contributed by atoms with van der Waals surface area (Å²) in [6.07, 6.45) is 12.7. The number of fused-ring (bicyclic) bond motifs is 8. The van der Waals surface area contributed by atoms with Crippen LogP contribution in [0.1, 0.15) is 137 Å². The van der Waals surface area contributed by atoms with E-state index in [2.05, 4.69) is 67.5 Å². The molecule has 4 saturated heterocycles. The molecule has 8 aliphatic heterocycles. The molecule has 9 aromatic heterocycles. The highest BCUT2D eigenvalue weighted by atomic mass is 19.1. The van der Waals surface area contributed by atoms with Crippen LogP contribution < -0.4 is 42.5 Å². The Hall–Kier alpha value is -18.4. The number of phenols is 2. The van der Waals surface area contributed by atoms with Crippen molar-refractivity contribution in [2.24, 2.45) is 0 Å². The van der Waals surface area contributed by atoms with Gasteiger partial charge in [-0.3, -0.25) is 84.5 Å². The average Bonchev–Trinajstić information content (AvgIpc) is 1.60. The maximum absolute atomic E-state index is 14.3. The number of hydrogen-bond acceptors (Lipinski definition) is 23.